The Balaban J connectivity index is 4.46. The smallest absolute Gasteiger partial charge is 0 e. The maximum atomic E-state index is 6.53. The number of rotatable bonds is 0. The molecule has 0 unspecified atom stereocenters. The van der Waals surface area contributed by atoms with Crippen molar-refractivity contribution in [3.63, 3.8) is 0 Å². The van der Waals surface area contributed by atoms with Gasteiger partial charge in [0.25, 0.3) is 0 Å². The van der Waals surface area contributed by atoms with Gasteiger partial charge in [-0.3, -0.25) is 0 Å². The second-order valence-corrected chi connectivity index (χ2v) is 3.50. The van der Waals surface area contributed by atoms with Crippen molar-refractivity contribution in [3.05, 3.63) is 12.8 Å². The summed E-state index contributed by atoms with van der Waals surface area (Å²) in [6, 6.07) is 0. The van der Waals surface area contributed by atoms with Crippen molar-refractivity contribution < 1.29 is 0 Å². The number of hydrogen-bond donors (Lipinski definition) is 0. The van der Waals surface area contributed by atoms with Gasteiger partial charge in [-0.25, -0.2) is 0 Å². The first-order valence-corrected chi connectivity index (χ1v) is 7.25. The molecule has 0 bridgehead atoms. The van der Waals surface area contributed by atoms with E-state index in [1.165, 1.54) is 0 Å². The van der Waals surface area contributed by atoms with Crippen LogP contribution in [0.4, 0.5) is 0 Å². The van der Waals surface area contributed by atoms with E-state index in [0.29, 0.717) is 0 Å². The average Bonchev–Trinajstić information content (AvgIpc) is 2.76. The van der Waals surface area contributed by atoms with Crippen LogP contribution in [0.3, 0.4) is 0 Å². The summed E-state index contributed by atoms with van der Waals surface area (Å²) >= 11 is 0. The molecule has 0 amide bonds. The first-order chi connectivity index (χ1) is 14.9. The quantitative estimate of drug-likeness (QED) is 0.542. The van der Waals surface area contributed by atoms with E-state index in [2.05, 4.69) is 154 Å². The second-order valence-electron chi connectivity index (χ2n) is 3.50. The van der Waals surface area contributed by atoms with Crippen LogP contribution in [0.1, 0.15) is 0 Å². The fraction of sp³-hybridized carbons (Fsp3) is 0. The molecule has 0 nitrogen and oxygen atoms in total. The van der Waals surface area contributed by atoms with Crippen molar-refractivity contribution in [1.82, 2.24) is 0 Å². The minimum absolute atomic E-state index is 1.87. The molecule has 0 heteroatoms. The Labute approximate surface area is 178 Å². The molecule has 120 valence electrons. The molecular formula is C30. The molecule has 0 aliphatic heterocycles. The van der Waals surface area contributed by atoms with Gasteiger partial charge in [0, 0.05) is 179 Å². The van der Waals surface area contributed by atoms with Gasteiger partial charge < -0.3 is 0 Å². The standard InChI is InChI=1S/C30/c1-3-5-7-9-11-13-15-17-19-21-23-25-27-29-30-28-26-24-22-20-18-16-14-12-10-8-6-4-2. The predicted molar refractivity (Wildman–Crippen MR) is 115 cm³/mol. The summed E-state index contributed by atoms with van der Waals surface area (Å²) in [5.41, 5.74) is 0. The molecule has 0 aliphatic rings. The topological polar surface area (TPSA) is 0 Å². The maximum Gasteiger partial charge on any atom is 0 e. The third-order valence-corrected chi connectivity index (χ3v) is 1.69. The van der Waals surface area contributed by atoms with E-state index in [0.717, 1.165) is 0 Å². The normalized spacial score (nSPS) is 3.80. The van der Waals surface area contributed by atoms with Crippen LogP contribution in [-0.4, -0.2) is 0 Å². The van der Waals surface area contributed by atoms with Gasteiger partial charge in [-0.05, 0) is 0 Å². The van der Waals surface area contributed by atoms with E-state index in [4.69, 9.17) is 12.8 Å². The van der Waals surface area contributed by atoms with E-state index in [1.807, 2.05) is 11.8 Å². The highest BCUT2D eigenvalue weighted by atomic mass is 13.6. The molecule has 0 saturated carbocycles. The molecule has 0 aromatic carbocycles. The highest BCUT2D eigenvalue weighted by Crippen LogP contribution is 1.59. The molecule has 0 atom stereocenters. The monoisotopic (exact) mass is 360 g/mol. The molecular weight excluding hydrogens is 360 g/mol. The molecule has 30 heavy (non-hydrogen) atoms. The zero-order valence-electron chi connectivity index (χ0n) is 15.0. The lowest BCUT2D eigenvalue weighted by Gasteiger charge is -1.57. The Morgan fingerprint density at radius 1 is 0.167 bits per heavy atom. The van der Waals surface area contributed by atoms with E-state index < -0.39 is 0 Å². The molecule has 2 radical (unpaired) electrons. The molecule has 0 fully saturated rings. The minimum Gasteiger partial charge on any atom is 0 e. The van der Waals surface area contributed by atoms with Crippen LogP contribution in [0.5, 0.6) is 0 Å². The van der Waals surface area contributed by atoms with Crippen molar-refractivity contribution in [1.29, 1.82) is 0 Å². The Morgan fingerprint density at radius 2 is 0.267 bits per heavy atom. The van der Waals surface area contributed by atoms with Crippen LogP contribution in [0.25, 0.3) is 0 Å². The first-order valence-electron chi connectivity index (χ1n) is 7.25. The lowest BCUT2D eigenvalue weighted by Crippen LogP contribution is -1.57. The Kier molecular flexibility index (Phi) is 17.5. The Hall–Kier alpha value is -6.60. The summed E-state index contributed by atoms with van der Waals surface area (Å²) < 4.78 is 0. The van der Waals surface area contributed by atoms with E-state index >= 15 is 0 Å². The highest BCUT2D eigenvalue weighted by molar-refractivity contribution is 5.48. The summed E-state index contributed by atoms with van der Waals surface area (Å²) in [6.07, 6.45) is 13.1. The van der Waals surface area contributed by atoms with Crippen molar-refractivity contribution in [2.75, 3.05) is 0 Å². The van der Waals surface area contributed by atoms with Gasteiger partial charge >= 0.3 is 0 Å². The molecule has 0 spiro atoms. The third kappa shape index (κ3) is 21.4. The molecule has 0 N–H and O–H groups in total. The molecule has 0 aromatic rings. The van der Waals surface area contributed by atoms with Crippen LogP contribution in [0.15, 0.2) is 0 Å². The lowest BCUT2D eigenvalue weighted by atomic mass is 10.4. The fourth-order valence-corrected chi connectivity index (χ4v) is 0.812. The molecule has 0 aromatic heterocycles. The van der Waals surface area contributed by atoms with Crippen LogP contribution in [0.2, 0.25) is 0 Å². The largest absolute Gasteiger partial charge is 0 e. The fourth-order valence-electron chi connectivity index (χ4n) is 0.812. The molecule has 0 aliphatic carbocycles. The maximum absolute atomic E-state index is 6.53. The predicted octanol–water partition coefficient (Wildman–Crippen LogP) is 0.210. The van der Waals surface area contributed by atoms with E-state index in [9.17, 15) is 0 Å². The van der Waals surface area contributed by atoms with Gasteiger partial charge in [0.1, 0.15) is 0 Å². The van der Waals surface area contributed by atoms with Gasteiger partial charge in [0.05, 0.1) is 0 Å². The summed E-state index contributed by atoms with van der Waals surface area (Å²) in [5, 5.41) is 0. The minimum atomic E-state index is 1.87. The zero-order chi connectivity index (χ0) is 21.8. The van der Waals surface area contributed by atoms with Crippen LogP contribution >= 0.6 is 0 Å². The molecule has 0 heterocycles. The Morgan fingerprint density at radius 3 is 0.367 bits per heavy atom. The summed E-state index contributed by atoms with van der Waals surface area (Å²) in [5.74, 6) is 66.9. The van der Waals surface area contributed by atoms with Gasteiger partial charge in [0.15, 0.2) is 0 Å². The van der Waals surface area contributed by atoms with Crippen molar-refractivity contribution in [2.45, 2.75) is 0 Å². The summed E-state index contributed by atoms with van der Waals surface area (Å²) in [4.78, 5) is 0. The average molecular weight is 360 g/mol. The Bertz CT molecular complexity index is 1480. The summed E-state index contributed by atoms with van der Waals surface area (Å²) in [6.45, 7) is 0. The van der Waals surface area contributed by atoms with Gasteiger partial charge in [0.2, 0.25) is 0 Å². The third-order valence-electron chi connectivity index (χ3n) is 1.69. The van der Waals surface area contributed by atoms with Crippen LogP contribution in [-0.2, 0) is 0 Å². The van der Waals surface area contributed by atoms with E-state index in [-0.39, 0.29) is 0 Å². The van der Waals surface area contributed by atoms with Gasteiger partial charge in [-0.1, -0.05) is 0 Å². The van der Waals surface area contributed by atoms with Crippen LogP contribution < -0.4 is 0 Å². The van der Waals surface area contributed by atoms with Crippen molar-refractivity contribution >= 4 is 0 Å². The molecule has 0 saturated heterocycles. The number of hydrogen-bond acceptors (Lipinski definition) is 0. The lowest BCUT2D eigenvalue weighted by molar-refractivity contribution is 2.32. The second kappa shape index (κ2) is 22.4. The van der Waals surface area contributed by atoms with Crippen LogP contribution in [0, 0.1) is 179 Å². The van der Waals surface area contributed by atoms with E-state index in [1.54, 1.807) is 0 Å². The zero-order valence-corrected chi connectivity index (χ0v) is 15.0. The summed E-state index contributed by atoms with van der Waals surface area (Å²) in [7, 11) is 0. The van der Waals surface area contributed by atoms with Crippen molar-refractivity contribution in [2.24, 2.45) is 0 Å². The first kappa shape index (κ1) is 23.4. The SMILES string of the molecule is [C]#CC#CC#CC#CC#CC#CC#CC#CC#CC#CC#CC#CC#CC#CC#[C]. The highest BCUT2D eigenvalue weighted by Gasteiger charge is 1.59. The molecule has 0 rings (SSSR count). The van der Waals surface area contributed by atoms with Gasteiger partial charge in [-0.15, -0.1) is 0 Å². The van der Waals surface area contributed by atoms with Crippen molar-refractivity contribution in [3.8, 4) is 166 Å². The van der Waals surface area contributed by atoms with Gasteiger partial charge in [-0.2, -0.15) is 0 Å².